The average Bonchev–Trinajstić information content (AvgIpc) is 2.51. The molecule has 0 saturated carbocycles. The van der Waals surface area contributed by atoms with Crippen LogP contribution in [-0.4, -0.2) is 10.8 Å². The summed E-state index contributed by atoms with van der Waals surface area (Å²) in [5.41, 5.74) is 3.96. The van der Waals surface area contributed by atoms with Gasteiger partial charge >= 0.3 is 0 Å². The molecule has 0 radical (unpaired) electrons. The standard InChI is InChI=1S/C19H19ClN2OS/c1-11-6-4-7-12(2)16(11)22-18(24)21-15-10-19(22,3)23-17-13(15)8-5-9-14(17)20/h4-9,15H,10H2,1-3H3,(H,21,24)/t15-,19-/m1/s1. The van der Waals surface area contributed by atoms with Gasteiger partial charge in [-0.25, -0.2) is 0 Å². The minimum atomic E-state index is -0.568. The van der Waals surface area contributed by atoms with Gasteiger partial charge in [0, 0.05) is 12.0 Å². The van der Waals surface area contributed by atoms with Gasteiger partial charge in [0.2, 0.25) is 0 Å². The van der Waals surface area contributed by atoms with E-state index in [9.17, 15) is 0 Å². The zero-order valence-corrected chi connectivity index (χ0v) is 15.5. The Morgan fingerprint density at radius 1 is 1.21 bits per heavy atom. The molecule has 0 aromatic heterocycles. The van der Waals surface area contributed by atoms with Crippen molar-refractivity contribution >= 4 is 34.6 Å². The Morgan fingerprint density at radius 3 is 2.58 bits per heavy atom. The number of thiocarbonyl (C=S) groups is 1. The van der Waals surface area contributed by atoms with Crippen molar-refractivity contribution in [1.82, 2.24) is 5.32 Å². The van der Waals surface area contributed by atoms with E-state index in [1.165, 1.54) is 11.1 Å². The zero-order valence-electron chi connectivity index (χ0n) is 13.9. The predicted octanol–water partition coefficient (Wildman–Crippen LogP) is 4.89. The molecule has 4 rings (SSSR count). The second kappa shape index (κ2) is 5.36. The second-order valence-corrected chi connectivity index (χ2v) is 7.51. The molecule has 0 spiro atoms. The van der Waals surface area contributed by atoms with Crippen molar-refractivity contribution in [3.05, 3.63) is 58.1 Å². The van der Waals surface area contributed by atoms with Crippen molar-refractivity contribution in [2.75, 3.05) is 4.90 Å². The van der Waals surface area contributed by atoms with Crippen molar-refractivity contribution in [3.8, 4) is 5.75 Å². The normalized spacial score (nSPS) is 24.9. The van der Waals surface area contributed by atoms with E-state index in [4.69, 9.17) is 28.6 Å². The number of nitrogens with one attached hydrogen (secondary N) is 1. The van der Waals surface area contributed by atoms with Gasteiger partial charge in [0.15, 0.2) is 10.8 Å². The average molecular weight is 359 g/mol. The van der Waals surface area contributed by atoms with E-state index in [-0.39, 0.29) is 6.04 Å². The first-order valence-corrected chi connectivity index (χ1v) is 8.84. The van der Waals surface area contributed by atoms with Gasteiger partial charge in [-0.2, -0.15) is 0 Å². The van der Waals surface area contributed by atoms with Crippen LogP contribution in [0.2, 0.25) is 5.02 Å². The van der Waals surface area contributed by atoms with E-state index in [2.05, 4.69) is 55.3 Å². The van der Waals surface area contributed by atoms with E-state index >= 15 is 0 Å². The number of nitrogens with zero attached hydrogens (tertiary/aromatic N) is 1. The molecular weight excluding hydrogens is 340 g/mol. The maximum Gasteiger partial charge on any atom is 0.188 e. The highest BCUT2D eigenvalue weighted by Gasteiger charge is 2.49. The Morgan fingerprint density at radius 2 is 1.88 bits per heavy atom. The molecule has 1 fully saturated rings. The predicted molar refractivity (Wildman–Crippen MR) is 102 cm³/mol. The number of hydrogen-bond acceptors (Lipinski definition) is 2. The van der Waals surface area contributed by atoms with Crippen LogP contribution in [-0.2, 0) is 0 Å². The van der Waals surface area contributed by atoms with Gasteiger partial charge in [-0.3, -0.25) is 4.90 Å². The Bertz CT molecular complexity index is 833. The molecule has 3 nitrogen and oxygen atoms in total. The number of anilines is 1. The number of para-hydroxylation sites is 2. The quantitative estimate of drug-likeness (QED) is 0.733. The number of ether oxygens (including phenoxy) is 1. The first-order valence-electron chi connectivity index (χ1n) is 8.05. The fourth-order valence-corrected chi connectivity index (χ4v) is 4.50. The Labute approximate surface area is 152 Å². The van der Waals surface area contributed by atoms with Gasteiger partial charge in [-0.15, -0.1) is 0 Å². The first kappa shape index (κ1) is 15.7. The van der Waals surface area contributed by atoms with E-state index in [0.29, 0.717) is 10.1 Å². The van der Waals surface area contributed by atoms with Gasteiger partial charge in [-0.1, -0.05) is 41.9 Å². The van der Waals surface area contributed by atoms with E-state index < -0.39 is 5.72 Å². The number of benzene rings is 2. The van der Waals surface area contributed by atoms with Crippen LogP contribution in [0.25, 0.3) is 0 Å². The van der Waals surface area contributed by atoms with Crippen LogP contribution in [0.1, 0.15) is 36.1 Å². The van der Waals surface area contributed by atoms with Crippen LogP contribution in [0.3, 0.4) is 0 Å². The Kier molecular flexibility index (Phi) is 3.52. The third-order valence-electron chi connectivity index (χ3n) is 4.91. The molecule has 124 valence electrons. The lowest BCUT2D eigenvalue weighted by atomic mass is 9.89. The monoisotopic (exact) mass is 358 g/mol. The fourth-order valence-electron chi connectivity index (χ4n) is 3.85. The van der Waals surface area contributed by atoms with Crippen LogP contribution >= 0.6 is 23.8 Å². The number of halogens is 1. The summed E-state index contributed by atoms with van der Waals surface area (Å²) in [6, 6.07) is 12.3. The van der Waals surface area contributed by atoms with Crippen LogP contribution in [0.4, 0.5) is 5.69 Å². The van der Waals surface area contributed by atoms with Gasteiger partial charge in [0.1, 0.15) is 5.75 Å². The maximum absolute atomic E-state index is 6.43. The molecule has 0 amide bonds. The number of rotatable bonds is 1. The highest BCUT2D eigenvalue weighted by Crippen LogP contribution is 2.48. The molecule has 0 aliphatic carbocycles. The van der Waals surface area contributed by atoms with Gasteiger partial charge < -0.3 is 10.1 Å². The number of fused-ring (bicyclic) bond motifs is 4. The summed E-state index contributed by atoms with van der Waals surface area (Å²) in [5.74, 6) is 0.754. The molecule has 2 aromatic carbocycles. The summed E-state index contributed by atoms with van der Waals surface area (Å²) in [6.45, 7) is 6.29. The molecule has 2 bridgehead atoms. The summed E-state index contributed by atoms with van der Waals surface area (Å²) in [5, 5.41) is 4.81. The molecule has 0 unspecified atom stereocenters. The smallest absolute Gasteiger partial charge is 0.188 e. The molecule has 2 aromatic rings. The lowest BCUT2D eigenvalue weighted by Crippen LogP contribution is -2.65. The number of hydrogen-bond donors (Lipinski definition) is 1. The molecule has 24 heavy (non-hydrogen) atoms. The zero-order chi connectivity index (χ0) is 17.1. The summed E-state index contributed by atoms with van der Waals surface area (Å²) in [4.78, 5) is 2.11. The molecular formula is C19H19ClN2OS. The van der Waals surface area contributed by atoms with E-state index in [0.717, 1.165) is 23.4 Å². The molecule has 2 heterocycles. The van der Waals surface area contributed by atoms with Gasteiger partial charge in [0.25, 0.3) is 0 Å². The first-order chi connectivity index (χ1) is 11.4. The molecule has 1 saturated heterocycles. The summed E-state index contributed by atoms with van der Waals surface area (Å²) in [6.07, 6.45) is 0.800. The fraction of sp³-hybridized carbons (Fsp3) is 0.316. The lowest BCUT2D eigenvalue weighted by molar-refractivity contribution is 0.0497. The Balaban J connectivity index is 1.88. The van der Waals surface area contributed by atoms with E-state index in [1.54, 1.807) is 0 Å². The minimum absolute atomic E-state index is 0.116. The summed E-state index contributed by atoms with van der Waals surface area (Å²) < 4.78 is 6.43. The molecule has 1 N–H and O–H groups in total. The maximum atomic E-state index is 6.43. The highest BCUT2D eigenvalue weighted by molar-refractivity contribution is 7.80. The minimum Gasteiger partial charge on any atom is -0.466 e. The molecule has 2 aliphatic rings. The van der Waals surface area contributed by atoms with Crippen LogP contribution in [0.5, 0.6) is 5.75 Å². The topological polar surface area (TPSA) is 24.5 Å². The molecule has 5 heteroatoms. The SMILES string of the molecule is Cc1cccc(C)c1N1C(=S)N[C@@H]2C[C@@]1(C)Oc1c(Cl)cccc12. The largest absolute Gasteiger partial charge is 0.466 e. The molecule has 2 atom stereocenters. The van der Waals surface area contributed by atoms with Crippen LogP contribution in [0.15, 0.2) is 36.4 Å². The van der Waals surface area contributed by atoms with Gasteiger partial charge in [0.05, 0.1) is 16.8 Å². The third-order valence-corrected chi connectivity index (χ3v) is 5.51. The van der Waals surface area contributed by atoms with Crippen molar-refractivity contribution in [2.24, 2.45) is 0 Å². The van der Waals surface area contributed by atoms with E-state index in [1.807, 2.05) is 12.1 Å². The van der Waals surface area contributed by atoms with Crippen LogP contribution in [0, 0.1) is 13.8 Å². The highest BCUT2D eigenvalue weighted by atomic mass is 35.5. The Hall–Kier alpha value is -1.78. The summed E-state index contributed by atoms with van der Waals surface area (Å²) >= 11 is 12.1. The van der Waals surface area contributed by atoms with Crippen molar-refractivity contribution in [2.45, 2.75) is 39.0 Å². The van der Waals surface area contributed by atoms with Crippen molar-refractivity contribution in [1.29, 1.82) is 0 Å². The second-order valence-electron chi connectivity index (χ2n) is 6.72. The number of aryl methyl sites for hydroxylation is 2. The lowest BCUT2D eigenvalue weighted by Gasteiger charge is -2.52. The van der Waals surface area contributed by atoms with Crippen molar-refractivity contribution in [3.63, 3.8) is 0 Å². The van der Waals surface area contributed by atoms with Crippen LogP contribution < -0.4 is 15.0 Å². The molecule has 2 aliphatic heterocycles. The van der Waals surface area contributed by atoms with Crippen molar-refractivity contribution < 1.29 is 4.74 Å². The third kappa shape index (κ3) is 2.20. The summed E-state index contributed by atoms with van der Waals surface area (Å²) in [7, 11) is 0. The van der Waals surface area contributed by atoms with Gasteiger partial charge in [-0.05, 0) is 50.2 Å².